The second-order valence-electron chi connectivity index (χ2n) is 8.20. The second-order valence-corrected chi connectivity index (χ2v) is 9.37. The highest BCUT2D eigenvalue weighted by Crippen LogP contribution is 2.27. The zero-order valence-electron chi connectivity index (χ0n) is 17.9. The number of aromatic nitrogens is 4. The highest BCUT2D eigenvalue weighted by atomic mass is 32.2. The molecule has 0 N–H and O–H groups in total. The van der Waals surface area contributed by atoms with Gasteiger partial charge in [-0.15, -0.1) is 10.2 Å². The van der Waals surface area contributed by atoms with Crippen molar-refractivity contribution < 1.29 is 0 Å². The molecule has 4 rings (SSSR count). The van der Waals surface area contributed by atoms with E-state index in [4.69, 9.17) is 0 Å². The van der Waals surface area contributed by atoms with Crippen LogP contribution in [0.2, 0.25) is 0 Å². The predicted molar refractivity (Wildman–Crippen MR) is 124 cm³/mol. The average molecular weight is 432 g/mol. The highest BCUT2D eigenvalue weighted by molar-refractivity contribution is 8.00. The van der Waals surface area contributed by atoms with Crippen LogP contribution in [0.25, 0.3) is 16.7 Å². The first kappa shape index (κ1) is 21.1. The number of fused-ring (bicyclic) bond motifs is 3. The molecule has 0 amide bonds. The van der Waals surface area contributed by atoms with E-state index in [1.165, 1.54) is 17.3 Å². The Hall–Kier alpha value is -3.11. The molecule has 1 unspecified atom stereocenters. The number of nitriles is 1. The van der Waals surface area contributed by atoms with E-state index < -0.39 is 0 Å². The van der Waals surface area contributed by atoms with Gasteiger partial charge in [0.2, 0.25) is 5.78 Å². The molecule has 7 heteroatoms. The Balaban J connectivity index is 1.77. The van der Waals surface area contributed by atoms with Crippen molar-refractivity contribution in [2.45, 2.75) is 50.6 Å². The lowest BCUT2D eigenvalue weighted by molar-refractivity contribution is 0.512. The van der Waals surface area contributed by atoms with Gasteiger partial charge in [-0.05, 0) is 43.4 Å². The van der Waals surface area contributed by atoms with Crippen LogP contribution in [0.3, 0.4) is 0 Å². The van der Waals surface area contributed by atoms with E-state index in [1.807, 2.05) is 35.6 Å². The molecule has 4 aromatic rings. The van der Waals surface area contributed by atoms with E-state index in [0.29, 0.717) is 35.2 Å². The normalized spacial score (nSPS) is 12.5. The molecule has 0 aliphatic carbocycles. The molecule has 0 aliphatic rings. The maximum Gasteiger partial charge on any atom is 0.262 e. The minimum absolute atomic E-state index is 0.0517. The van der Waals surface area contributed by atoms with Crippen LogP contribution in [0.15, 0.2) is 58.5 Å². The lowest BCUT2D eigenvalue weighted by atomic mass is 10.1. The minimum Gasteiger partial charge on any atom is -0.276 e. The van der Waals surface area contributed by atoms with E-state index >= 15 is 0 Å². The molecule has 6 nitrogen and oxygen atoms in total. The molecule has 0 radical (unpaired) electrons. The molecule has 2 heterocycles. The fourth-order valence-electron chi connectivity index (χ4n) is 3.58. The Kier molecular flexibility index (Phi) is 6.10. The van der Waals surface area contributed by atoms with Crippen molar-refractivity contribution in [3.63, 3.8) is 0 Å². The van der Waals surface area contributed by atoms with Crippen molar-refractivity contribution in [1.29, 1.82) is 5.26 Å². The second kappa shape index (κ2) is 8.94. The number of thioether (sulfide) groups is 1. The highest BCUT2D eigenvalue weighted by Gasteiger charge is 2.20. The standard InChI is InChI=1S/C24H25N5OS/c1-16(2)12-13-28-22(30)20-6-4-5-7-21(20)29-23(28)26-27-24(29)31-19(15-25)14-18-10-8-17(3)9-11-18/h4-11,16,19H,12-14H2,1-3H3. The first-order valence-electron chi connectivity index (χ1n) is 10.5. The summed E-state index contributed by atoms with van der Waals surface area (Å²) in [5, 5.41) is 19.5. The summed E-state index contributed by atoms with van der Waals surface area (Å²) in [7, 11) is 0. The van der Waals surface area contributed by atoms with Crippen molar-refractivity contribution >= 4 is 28.4 Å². The van der Waals surface area contributed by atoms with Gasteiger partial charge in [0.15, 0.2) is 5.16 Å². The van der Waals surface area contributed by atoms with Crippen molar-refractivity contribution in [3.05, 3.63) is 70.0 Å². The maximum atomic E-state index is 13.1. The third-order valence-electron chi connectivity index (χ3n) is 5.34. The summed E-state index contributed by atoms with van der Waals surface area (Å²) in [4.78, 5) is 13.1. The van der Waals surface area contributed by atoms with Crippen LogP contribution < -0.4 is 5.56 Å². The van der Waals surface area contributed by atoms with Crippen LogP contribution in [0, 0.1) is 24.2 Å². The smallest absolute Gasteiger partial charge is 0.262 e. The number of para-hydroxylation sites is 1. The van der Waals surface area contributed by atoms with Gasteiger partial charge in [-0.25, -0.2) is 0 Å². The summed E-state index contributed by atoms with van der Waals surface area (Å²) >= 11 is 1.39. The molecule has 0 fully saturated rings. The van der Waals surface area contributed by atoms with Crippen molar-refractivity contribution in [3.8, 4) is 6.07 Å². The van der Waals surface area contributed by atoms with Gasteiger partial charge < -0.3 is 0 Å². The third-order valence-corrected chi connectivity index (χ3v) is 6.37. The van der Waals surface area contributed by atoms with Crippen LogP contribution in [0.5, 0.6) is 0 Å². The SMILES string of the molecule is Cc1ccc(CC(C#N)Sc2nnc3n(CCC(C)C)c(=O)c4ccccc4n23)cc1. The minimum atomic E-state index is -0.315. The molecular formula is C24H25N5OS. The Morgan fingerprint density at radius 3 is 2.55 bits per heavy atom. The largest absolute Gasteiger partial charge is 0.276 e. The summed E-state index contributed by atoms with van der Waals surface area (Å²) in [5.41, 5.74) is 3.02. The Morgan fingerprint density at radius 2 is 1.84 bits per heavy atom. The molecule has 0 bridgehead atoms. The van der Waals surface area contributed by atoms with E-state index in [2.05, 4.69) is 54.4 Å². The zero-order valence-corrected chi connectivity index (χ0v) is 18.8. The fourth-order valence-corrected chi connectivity index (χ4v) is 4.53. The molecule has 1 atom stereocenters. The monoisotopic (exact) mass is 431 g/mol. The van der Waals surface area contributed by atoms with Gasteiger partial charge in [-0.1, -0.05) is 67.6 Å². The maximum absolute atomic E-state index is 13.1. The molecule has 0 aliphatic heterocycles. The number of aryl methyl sites for hydroxylation is 2. The topological polar surface area (TPSA) is 76.0 Å². The number of benzene rings is 2. The van der Waals surface area contributed by atoms with E-state index in [1.54, 1.807) is 4.57 Å². The first-order valence-corrected chi connectivity index (χ1v) is 11.3. The zero-order chi connectivity index (χ0) is 22.0. The van der Waals surface area contributed by atoms with Gasteiger partial charge in [-0.2, -0.15) is 5.26 Å². The van der Waals surface area contributed by atoms with E-state index in [9.17, 15) is 10.1 Å². The molecule has 2 aromatic heterocycles. The van der Waals surface area contributed by atoms with E-state index in [0.717, 1.165) is 17.5 Å². The fraction of sp³-hybridized carbons (Fsp3) is 0.333. The predicted octanol–water partition coefficient (Wildman–Crippen LogP) is 4.63. The van der Waals surface area contributed by atoms with Crippen LogP contribution in [0.4, 0.5) is 0 Å². The molecule has 0 saturated heterocycles. The molecule has 158 valence electrons. The van der Waals surface area contributed by atoms with Crippen molar-refractivity contribution in [2.24, 2.45) is 5.92 Å². The quantitative estimate of drug-likeness (QED) is 0.399. The molecular weight excluding hydrogens is 406 g/mol. The number of nitrogens with zero attached hydrogens (tertiary/aromatic N) is 5. The Morgan fingerprint density at radius 1 is 1.10 bits per heavy atom. The van der Waals surface area contributed by atoms with Gasteiger partial charge in [0.25, 0.3) is 5.56 Å². The van der Waals surface area contributed by atoms with Crippen molar-refractivity contribution in [2.75, 3.05) is 0 Å². The number of hydrogen-bond acceptors (Lipinski definition) is 5. The molecule has 0 spiro atoms. The average Bonchev–Trinajstić information content (AvgIpc) is 3.18. The van der Waals surface area contributed by atoms with E-state index in [-0.39, 0.29) is 10.8 Å². The lowest BCUT2D eigenvalue weighted by Crippen LogP contribution is -2.24. The summed E-state index contributed by atoms with van der Waals surface area (Å²) < 4.78 is 3.63. The molecule has 2 aromatic carbocycles. The van der Waals surface area contributed by atoms with Crippen LogP contribution in [-0.2, 0) is 13.0 Å². The van der Waals surface area contributed by atoms with Gasteiger partial charge in [-0.3, -0.25) is 13.8 Å². The van der Waals surface area contributed by atoms with Gasteiger partial charge in [0.05, 0.1) is 17.0 Å². The van der Waals surface area contributed by atoms with Crippen LogP contribution >= 0.6 is 11.8 Å². The lowest BCUT2D eigenvalue weighted by Gasteiger charge is -2.13. The summed E-state index contributed by atoms with van der Waals surface area (Å²) in [6, 6.07) is 18.1. The Bertz CT molecular complexity index is 1310. The molecule has 31 heavy (non-hydrogen) atoms. The van der Waals surface area contributed by atoms with Gasteiger partial charge in [0, 0.05) is 6.54 Å². The van der Waals surface area contributed by atoms with Crippen LogP contribution in [0.1, 0.15) is 31.4 Å². The number of hydrogen-bond donors (Lipinski definition) is 0. The molecule has 0 saturated carbocycles. The van der Waals surface area contributed by atoms with Gasteiger partial charge >= 0.3 is 0 Å². The van der Waals surface area contributed by atoms with Gasteiger partial charge in [0.1, 0.15) is 5.25 Å². The summed E-state index contributed by atoms with van der Waals surface area (Å²) in [6.07, 6.45) is 1.48. The van der Waals surface area contributed by atoms with Crippen molar-refractivity contribution in [1.82, 2.24) is 19.2 Å². The summed E-state index contributed by atoms with van der Waals surface area (Å²) in [5.74, 6) is 0.992. The Labute approximate surface area is 185 Å². The summed E-state index contributed by atoms with van der Waals surface area (Å²) in [6.45, 7) is 6.90. The van der Waals surface area contributed by atoms with Crippen LogP contribution in [-0.4, -0.2) is 24.4 Å². The third kappa shape index (κ3) is 4.35. The first-order chi connectivity index (χ1) is 15.0. The number of rotatable bonds is 7.